The number of amides is 1. The van der Waals surface area contributed by atoms with Crippen molar-refractivity contribution >= 4 is 17.4 Å². The summed E-state index contributed by atoms with van der Waals surface area (Å²) in [5.74, 6) is 0.814. The first kappa shape index (κ1) is 20.3. The maximum Gasteiger partial charge on any atom is 0.251 e. The van der Waals surface area contributed by atoms with Crippen molar-refractivity contribution in [2.45, 2.75) is 26.4 Å². The van der Waals surface area contributed by atoms with Gasteiger partial charge in [0.2, 0.25) is 0 Å². The number of hydrogen-bond acceptors (Lipinski definition) is 4. The smallest absolute Gasteiger partial charge is 0.251 e. The van der Waals surface area contributed by atoms with E-state index in [1.165, 1.54) is 12.1 Å². The van der Waals surface area contributed by atoms with Crippen LogP contribution in [0.2, 0.25) is 0 Å². The Hall–Kier alpha value is -3.41. The zero-order valence-electron chi connectivity index (χ0n) is 16.5. The van der Waals surface area contributed by atoms with Crippen molar-refractivity contribution in [1.29, 1.82) is 0 Å². The van der Waals surface area contributed by atoms with E-state index in [1.807, 2.05) is 38.1 Å². The Labute approximate surface area is 169 Å². The Kier molecular flexibility index (Phi) is 6.79. The van der Waals surface area contributed by atoms with Gasteiger partial charge in [-0.05, 0) is 62.2 Å². The van der Waals surface area contributed by atoms with E-state index in [-0.39, 0.29) is 17.8 Å². The molecule has 0 spiro atoms. The van der Waals surface area contributed by atoms with Crippen LogP contribution in [0, 0.1) is 5.82 Å². The molecule has 0 atom stereocenters. The molecule has 0 bridgehead atoms. The molecule has 0 saturated carbocycles. The molecule has 3 rings (SSSR count). The highest BCUT2D eigenvalue weighted by atomic mass is 19.1. The van der Waals surface area contributed by atoms with Gasteiger partial charge in [0, 0.05) is 18.3 Å². The van der Waals surface area contributed by atoms with Gasteiger partial charge in [0.1, 0.15) is 17.4 Å². The van der Waals surface area contributed by atoms with Crippen LogP contribution in [0.1, 0.15) is 29.8 Å². The second-order valence-corrected chi connectivity index (χ2v) is 6.85. The lowest BCUT2D eigenvalue weighted by Gasteiger charge is -2.15. The van der Waals surface area contributed by atoms with Crippen molar-refractivity contribution in [3.63, 3.8) is 0 Å². The number of aromatic nitrogens is 1. The number of pyridine rings is 1. The summed E-state index contributed by atoms with van der Waals surface area (Å²) >= 11 is 0. The summed E-state index contributed by atoms with van der Waals surface area (Å²) in [6, 6.07) is 17.2. The van der Waals surface area contributed by atoms with E-state index in [0.29, 0.717) is 24.3 Å². The van der Waals surface area contributed by atoms with Crippen LogP contribution in [0.15, 0.2) is 66.9 Å². The van der Waals surface area contributed by atoms with Gasteiger partial charge in [0.25, 0.3) is 5.91 Å². The first-order valence-corrected chi connectivity index (χ1v) is 9.52. The summed E-state index contributed by atoms with van der Waals surface area (Å²) in [4.78, 5) is 16.7. The van der Waals surface area contributed by atoms with Gasteiger partial charge < -0.3 is 15.4 Å². The van der Waals surface area contributed by atoms with Crippen LogP contribution in [0.4, 0.5) is 15.9 Å². The van der Waals surface area contributed by atoms with E-state index in [9.17, 15) is 9.18 Å². The Balaban J connectivity index is 1.62. The Morgan fingerprint density at radius 3 is 2.62 bits per heavy atom. The number of rotatable bonds is 8. The highest BCUT2D eigenvalue weighted by Gasteiger charge is 2.09. The van der Waals surface area contributed by atoms with E-state index in [1.54, 1.807) is 30.5 Å². The third kappa shape index (κ3) is 6.04. The molecule has 0 aliphatic carbocycles. The number of halogens is 1. The average molecular weight is 393 g/mol. The Bertz CT molecular complexity index is 958. The molecule has 3 aromatic rings. The van der Waals surface area contributed by atoms with Crippen LogP contribution in [-0.2, 0) is 6.42 Å². The number of ether oxygens (including phenoxy) is 1. The zero-order valence-corrected chi connectivity index (χ0v) is 16.5. The highest BCUT2D eigenvalue weighted by Crippen LogP contribution is 2.27. The Morgan fingerprint density at radius 1 is 1.10 bits per heavy atom. The Morgan fingerprint density at radius 2 is 1.86 bits per heavy atom. The topological polar surface area (TPSA) is 63.2 Å². The molecule has 1 heterocycles. The molecule has 0 fully saturated rings. The summed E-state index contributed by atoms with van der Waals surface area (Å²) in [7, 11) is 0. The van der Waals surface area contributed by atoms with Gasteiger partial charge in [-0.25, -0.2) is 9.37 Å². The molecular weight excluding hydrogens is 369 g/mol. The molecule has 6 heteroatoms. The minimum Gasteiger partial charge on any atom is -0.489 e. The van der Waals surface area contributed by atoms with Gasteiger partial charge in [-0.1, -0.05) is 24.3 Å². The number of nitrogens with zero attached hydrogens (tertiary/aromatic N) is 1. The second-order valence-electron chi connectivity index (χ2n) is 6.85. The zero-order chi connectivity index (χ0) is 20.6. The van der Waals surface area contributed by atoms with Crippen LogP contribution in [0.5, 0.6) is 5.75 Å². The van der Waals surface area contributed by atoms with E-state index >= 15 is 0 Å². The summed E-state index contributed by atoms with van der Waals surface area (Å²) in [6.07, 6.45) is 2.26. The molecule has 1 aromatic heterocycles. The predicted molar refractivity (Wildman–Crippen MR) is 112 cm³/mol. The van der Waals surface area contributed by atoms with E-state index in [2.05, 4.69) is 15.6 Å². The quantitative estimate of drug-likeness (QED) is 0.581. The third-order valence-electron chi connectivity index (χ3n) is 4.15. The number of carbonyl (C=O) groups is 1. The van der Waals surface area contributed by atoms with Crippen molar-refractivity contribution in [3.8, 4) is 5.75 Å². The van der Waals surface area contributed by atoms with Crippen LogP contribution in [0.25, 0.3) is 0 Å². The lowest BCUT2D eigenvalue weighted by molar-refractivity contribution is 0.0954. The predicted octanol–water partition coefficient (Wildman–Crippen LogP) is 4.72. The average Bonchev–Trinajstić information content (AvgIpc) is 2.71. The molecule has 5 nitrogen and oxygen atoms in total. The van der Waals surface area contributed by atoms with Crippen LogP contribution in [0.3, 0.4) is 0 Å². The maximum atomic E-state index is 13.0. The second kappa shape index (κ2) is 9.68. The molecule has 29 heavy (non-hydrogen) atoms. The standard InChI is InChI=1S/C23H24FN3O2/c1-16(2)29-21-6-4-3-5-20(21)27-22-15-18(12-14-25-22)23(28)26-13-11-17-7-9-19(24)10-8-17/h3-10,12,14-16H,11,13H2,1-2H3,(H,25,27)(H,26,28). The lowest BCUT2D eigenvalue weighted by Crippen LogP contribution is -2.25. The van der Waals surface area contributed by atoms with Crippen LogP contribution >= 0.6 is 0 Å². The largest absolute Gasteiger partial charge is 0.489 e. The first-order chi connectivity index (χ1) is 14.0. The highest BCUT2D eigenvalue weighted by molar-refractivity contribution is 5.95. The number of nitrogens with one attached hydrogen (secondary N) is 2. The molecule has 1 amide bonds. The normalized spacial score (nSPS) is 10.6. The minimum atomic E-state index is -0.269. The van der Waals surface area contributed by atoms with Gasteiger partial charge in [0.05, 0.1) is 11.8 Å². The number of para-hydroxylation sites is 2. The van der Waals surface area contributed by atoms with Crippen molar-refractivity contribution in [1.82, 2.24) is 10.3 Å². The molecule has 0 radical (unpaired) electrons. The first-order valence-electron chi connectivity index (χ1n) is 9.52. The molecule has 150 valence electrons. The molecule has 0 aliphatic heterocycles. The number of anilines is 2. The van der Waals surface area contributed by atoms with Gasteiger partial charge in [0.15, 0.2) is 0 Å². The van der Waals surface area contributed by atoms with E-state index in [4.69, 9.17) is 4.74 Å². The lowest BCUT2D eigenvalue weighted by atomic mass is 10.1. The summed E-state index contributed by atoms with van der Waals surface area (Å²) in [5.41, 5.74) is 2.25. The van der Waals surface area contributed by atoms with Crippen LogP contribution in [-0.4, -0.2) is 23.5 Å². The molecule has 0 saturated heterocycles. The SMILES string of the molecule is CC(C)Oc1ccccc1Nc1cc(C(=O)NCCc2ccc(F)cc2)ccn1. The molecule has 0 unspecified atom stereocenters. The van der Waals surface area contributed by atoms with Gasteiger partial charge in [-0.15, -0.1) is 0 Å². The number of carbonyl (C=O) groups excluding carboxylic acids is 1. The van der Waals surface area contributed by atoms with Crippen molar-refractivity contribution in [2.24, 2.45) is 0 Å². The van der Waals surface area contributed by atoms with E-state index < -0.39 is 0 Å². The fraction of sp³-hybridized carbons (Fsp3) is 0.217. The molecule has 0 aliphatic rings. The van der Waals surface area contributed by atoms with Crippen molar-refractivity contribution in [2.75, 3.05) is 11.9 Å². The van der Waals surface area contributed by atoms with E-state index in [0.717, 1.165) is 17.0 Å². The summed E-state index contributed by atoms with van der Waals surface area (Å²) in [5, 5.41) is 6.09. The fourth-order valence-electron chi connectivity index (χ4n) is 2.78. The van der Waals surface area contributed by atoms with Gasteiger partial charge >= 0.3 is 0 Å². The van der Waals surface area contributed by atoms with Gasteiger partial charge in [-0.2, -0.15) is 0 Å². The third-order valence-corrected chi connectivity index (χ3v) is 4.15. The van der Waals surface area contributed by atoms with Crippen molar-refractivity contribution in [3.05, 3.63) is 83.8 Å². The number of hydrogen-bond donors (Lipinski definition) is 2. The summed E-state index contributed by atoms with van der Waals surface area (Å²) in [6.45, 7) is 4.39. The van der Waals surface area contributed by atoms with Crippen LogP contribution < -0.4 is 15.4 Å². The fourth-order valence-corrected chi connectivity index (χ4v) is 2.78. The molecule has 2 N–H and O–H groups in total. The summed E-state index contributed by atoms with van der Waals surface area (Å²) < 4.78 is 18.8. The molecular formula is C23H24FN3O2. The van der Waals surface area contributed by atoms with Crippen molar-refractivity contribution < 1.29 is 13.9 Å². The number of benzene rings is 2. The minimum absolute atomic E-state index is 0.0455. The maximum absolute atomic E-state index is 13.0. The monoisotopic (exact) mass is 393 g/mol. The molecule has 2 aromatic carbocycles. The van der Waals surface area contributed by atoms with Gasteiger partial charge in [-0.3, -0.25) is 4.79 Å².